The molecule has 1 saturated heterocycles. The molecule has 26 heavy (non-hydrogen) atoms. The zero-order valence-electron chi connectivity index (χ0n) is 15.2. The predicted octanol–water partition coefficient (Wildman–Crippen LogP) is 0.511. The number of amides is 1. The summed E-state index contributed by atoms with van der Waals surface area (Å²) in [6, 6.07) is 14.0. The van der Waals surface area contributed by atoms with Gasteiger partial charge < -0.3 is 11.1 Å². The molecule has 0 bridgehead atoms. The Bertz CT molecular complexity index is 965. The maximum Gasteiger partial charge on any atom is 0.250 e. The second kappa shape index (κ2) is 6.32. The smallest absolute Gasteiger partial charge is 0.250 e. The molecule has 7 heteroatoms. The first-order valence-electron chi connectivity index (χ1n) is 9.09. The number of rotatable bonds is 3. The Hall–Kier alpha value is -2.53. The summed E-state index contributed by atoms with van der Waals surface area (Å²) in [5.74, 6) is 0.0479. The molecular weight excluding hydrogens is 322 g/mol. The summed E-state index contributed by atoms with van der Waals surface area (Å²) in [4.78, 5) is 11.6. The Morgan fingerprint density at radius 1 is 1.23 bits per heavy atom. The number of hydrogen-bond acceptors (Lipinski definition) is 3. The van der Waals surface area contributed by atoms with E-state index in [0.29, 0.717) is 17.0 Å². The normalized spacial score (nSPS) is 19.5. The number of fused-ring (bicyclic) bond motifs is 1. The summed E-state index contributed by atoms with van der Waals surface area (Å²) in [5, 5.41) is 9.22. The maximum atomic E-state index is 11.6. The molecule has 3 N–H and O–H groups in total. The van der Waals surface area contributed by atoms with Gasteiger partial charge in [0.05, 0.1) is 11.3 Å². The predicted molar refractivity (Wildman–Crippen MR) is 109 cm³/mol. The van der Waals surface area contributed by atoms with E-state index in [1.54, 1.807) is 6.07 Å². The molecular formula is C19H22B2N4O. The number of carbonyl (C=O) groups is 1. The third kappa shape index (κ3) is 2.92. The van der Waals surface area contributed by atoms with Crippen molar-refractivity contribution in [2.75, 3.05) is 6.54 Å². The topological polar surface area (TPSA) is 72.9 Å². The molecule has 1 aliphatic rings. The third-order valence-electron chi connectivity index (χ3n) is 5.48. The molecule has 1 fully saturated rings. The first kappa shape index (κ1) is 16.9. The lowest BCUT2D eigenvalue weighted by Crippen LogP contribution is -2.54. The van der Waals surface area contributed by atoms with Gasteiger partial charge in [0.1, 0.15) is 21.2 Å². The number of nitrogens with one attached hydrogen (secondary N) is 1. The highest BCUT2D eigenvalue weighted by atomic mass is 16.1. The van der Waals surface area contributed by atoms with Crippen LogP contribution < -0.4 is 11.1 Å². The van der Waals surface area contributed by atoms with Crippen molar-refractivity contribution in [2.24, 2.45) is 5.73 Å². The van der Waals surface area contributed by atoms with Gasteiger partial charge in [-0.2, -0.15) is 5.10 Å². The average Bonchev–Trinajstić information content (AvgIpc) is 3.05. The van der Waals surface area contributed by atoms with Crippen LogP contribution in [0.15, 0.2) is 48.7 Å². The zero-order chi connectivity index (χ0) is 18.3. The summed E-state index contributed by atoms with van der Waals surface area (Å²) in [6.07, 6.45) is 4.34. The van der Waals surface area contributed by atoms with Crippen molar-refractivity contribution >= 4 is 32.5 Å². The van der Waals surface area contributed by atoms with Gasteiger partial charge in [-0.25, -0.2) is 4.68 Å². The molecule has 0 spiro atoms. The van der Waals surface area contributed by atoms with E-state index in [4.69, 9.17) is 5.73 Å². The summed E-state index contributed by atoms with van der Waals surface area (Å²) >= 11 is 0. The van der Waals surface area contributed by atoms with Gasteiger partial charge in [0, 0.05) is 11.6 Å². The van der Waals surface area contributed by atoms with Gasteiger partial charge in [0.25, 0.3) is 5.91 Å². The number of hydrogen-bond donors (Lipinski definition) is 2. The van der Waals surface area contributed by atoms with Crippen LogP contribution in [0.4, 0.5) is 0 Å². The van der Waals surface area contributed by atoms with E-state index in [1.807, 2.05) is 23.0 Å². The SMILES string of the molecule is BC1(B)NCCCC1c1ccc(-n2cc3cccc(C(N)=O)c3n2)cc1. The molecule has 3 aromatic rings. The van der Waals surface area contributed by atoms with Crippen LogP contribution in [0.5, 0.6) is 0 Å². The van der Waals surface area contributed by atoms with Gasteiger partial charge in [-0.15, -0.1) is 0 Å². The van der Waals surface area contributed by atoms with Gasteiger partial charge >= 0.3 is 0 Å². The van der Waals surface area contributed by atoms with Crippen LogP contribution in [0.3, 0.4) is 0 Å². The van der Waals surface area contributed by atoms with E-state index in [9.17, 15) is 4.79 Å². The van der Waals surface area contributed by atoms with E-state index < -0.39 is 5.91 Å². The van der Waals surface area contributed by atoms with E-state index in [1.165, 1.54) is 18.4 Å². The lowest BCUT2D eigenvalue weighted by Gasteiger charge is -2.40. The third-order valence-corrected chi connectivity index (χ3v) is 5.48. The van der Waals surface area contributed by atoms with Crippen LogP contribution in [-0.2, 0) is 0 Å². The van der Waals surface area contributed by atoms with Crippen LogP contribution in [0.1, 0.15) is 34.7 Å². The Labute approximate surface area is 154 Å². The van der Waals surface area contributed by atoms with Crippen molar-refractivity contribution in [3.63, 3.8) is 0 Å². The molecule has 5 nitrogen and oxygen atoms in total. The monoisotopic (exact) mass is 344 g/mol. The van der Waals surface area contributed by atoms with Gasteiger partial charge in [-0.05, 0) is 54.4 Å². The number of aromatic nitrogens is 2. The summed E-state index contributed by atoms with van der Waals surface area (Å²) in [6.45, 7) is 1.09. The second-order valence-corrected chi connectivity index (χ2v) is 7.62. The molecule has 0 aliphatic carbocycles. The Kier molecular flexibility index (Phi) is 4.11. The van der Waals surface area contributed by atoms with Crippen LogP contribution in [0.2, 0.25) is 0 Å². The molecule has 130 valence electrons. The highest BCUT2D eigenvalue weighted by molar-refractivity contribution is 6.40. The first-order valence-corrected chi connectivity index (χ1v) is 9.09. The number of benzene rings is 2. The number of piperidine rings is 1. The van der Waals surface area contributed by atoms with Crippen molar-refractivity contribution in [1.29, 1.82) is 0 Å². The van der Waals surface area contributed by atoms with Crippen LogP contribution in [0.25, 0.3) is 16.6 Å². The highest BCUT2D eigenvalue weighted by Gasteiger charge is 2.32. The van der Waals surface area contributed by atoms with E-state index >= 15 is 0 Å². The van der Waals surface area contributed by atoms with E-state index in [-0.39, 0.29) is 5.34 Å². The fourth-order valence-corrected chi connectivity index (χ4v) is 4.02. The minimum absolute atomic E-state index is 0.108. The maximum absolute atomic E-state index is 11.6. The molecule has 2 aromatic carbocycles. The fourth-order valence-electron chi connectivity index (χ4n) is 4.02. The van der Waals surface area contributed by atoms with Crippen molar-refractivity contribution < 1.29 is 4.79 Å². The quantitative estimate of drug-likeness (QED) is 0.681. The fraction of sp³-hybridized carbons (Fsp3) is 0.263. The van der Waals surface area contributed by atoms with Crippen LogP contribution in [0, 0.1) is 0 Å². The molecule has 1 aromatic heterocycles. The zero-order valence-corrected chi connectivity index (χ0v) is 15.2. The number of nitrogens with two attached hydrogens (primary N) is 1. The van der Waals surface area contributed by atoms with Crippen LogP contribution in [-0.4, -0.2) is 43.3 Å². The molecule has 1 aliphatic heterocycles. The highest BCUT2D eigenvalue weighted by Crippen LogP contribution is 2.32. The van der Waals surface area contributed by atoms with E-state index in [0.717, 1.165) is 17.6 Å². The molecule has 2 heterocycles. The first-order chi connectivity index (χ1) is 12.5. The number of primary amides is 1. The minimum atomic E-state index is -0.455. The summed E-state index contributed by atoms with van der Waals surface area (Å²) in [5.41, 5.74) is 8.88. The van der Waals surface area contributed by atoms with Gasteiger partial charge in [0.2, 0.25) is 0 Å². The summed E-state index contributed by atoms with van der Waals surface area (Å²) < 4.78 is 1.81. The standard InChI is InChI=1S/C19H22B2N4O/c20-19(21)16(5-2-10-23-19)12-6-8-14(9-7-12)25-11-13-3-1-4-15(18(22)26)17(13)24-25/h1,3-4,6-9,11,16,23H,2,5,10,20-21H2,(H2,22,26). The van der Waals surface area contributed by atoms with Gasteiger partial charge in [-0.3, -0.25) is 4.79 Å². The summed E-state index contributed by atoms with van der Waals surface area (Å²) in [7, 11) is 4.55. The average molecular weight is 344 g/mol. The Morgan fingerprint density at radius 2 is 2.00 bits per heavy atom. The largest absolute Gasteiger partial charge is 0.366 e. The van der Waals surface area contributed by atoms with Crippen molar-refractivity contribution in [1.82, 2.24) is 15.1 Å². The molecule has 1 amide bonds. The van der Waals surface area contributed by atoms with Crippen molar-refractivity contribution in [3.8, 4) is 5.69 Å². The molecule has 0 saturated carbocycles. The molecule has 0 radical (unpaired) electrons. The van der Waals surface area contributed by atoms with Gasteiger partial charge in [0.15, 0.2) is 0 Å². The second-order valence-electron chi connectivity index (χ2n) is 7.62. The van der Waals surface area contributed by atoms with E-state index in [2.05, 4.69) is 50.4 Å². The Balaban J connectivity index is 1.68. The minimum Gasteiger partial charge on any atom is -0.366 e. The number of carbonyl (C=O) groups excluding carboxylic acids is 1. The lowest BCUT2D eigenvalue weighted by atomic mass is 9.51. The van der Waals surface area contributed by atoms with Crippen molar-refractivity contribution in [2.45, 2.75) is 24.1 Å². The Morgan fingerprint density at radius 3 is 2.69 bits per heavy atom. The molecule has 4 rings (SSSR count). The number of nitrogens with zero attached hydrogens (tertiary/aromatic N) is 2. The van der Waals surface area contributed by atoms with Crippen molar-refractivity contribution in [3.05, 3.63) is 59.8 Å². The van der Waals surface area contributed by atoms with Crippen LogP contribution >= 0.6 is 0 Å². The molecule has 1 atom stereocenters. The lowest BCUT2D eigenvalue weighted by molar-refractivity contribution is 0.100. The van der Waals surface area contributed by atoms with Gasteiger partial charge in [-0.1, -0.05) is 24.3 Å². The molecule has 1 unspecified atom stereocenters.